The average Bonchev–Trinajstić information content (AvgIpc) is 2.59. The topological polar surface area (TPSA) is 43.4 Å². The van der Waals surface area contributed by atoms with Gasteiger partial charge in [0.25, 0.3) is 0 Å². The van der Waals surface area contributed by atoms with E-state index in [1.807, 2.05) is 36.4 Å². The number of fused-ring (bicyclic) bond motifs is 1. The van der Waals surface area contributed by atoms with Crippen molar-refractivity contribution in [3.8, 4) is 11.5 Å². The Morgan fingerprint density at radius 3 is 2.65 bits per heavy atom. The van der Waals surface area contributed by atoms with Gasteiger partial charge in [0.05, 0.1) is 19.7 Å². The summed E-state index contributed by atoms with van der Waals surface area (Å²) in [5.41, 5.74) is 2.01. The normalized spacial score (nSPS) is 10.6. The zero-order valence-corrected chi connectivity index (χ0v) is 14.6. The van der Waals surface area contributed by atoms with Crippen molar-refractivity contribution in [3.63, 3.8) is 0 Å². The van der Waals surface area contributed by atoms with Gasteiger partial charge in [-0.3, -0.25) is 0 Å². The molecule has 0 amide bonds. The van der Waals surface area contributed by atoms with E-state index in [9.17, 15) is 0 Å². The molecule has 1 N–H and O–H groups in total. The highest BCUT2D eigenvalue weighted by Gasteiger charge is 2.06. The summed E-state index contributed by atoms with van der Waals surface area (Å²) in [6.45, 7) is 0.627. The molecule has 0 bridgehead atoms. The molecule has 23 heavy (non-hydrogen) atoms. The van der Waals surface area contributed by atoms with Crippen molar-refractivity contribution < 1.29 is 9.47 Å². The largest absolute Gasteiger partial charge is 0.497 e. The van der Waals surface area contributed by atoms with Crippen LogP contribution in [0.4, 0.5) is 5.82 Å². The molecular formula is C18H17BrN2O2. The summed E-state index contributed by atoms with van der Waals surface area (Å²) in [4.78, 5) is 4.62. The van der Waals surface area contributed by atoms with E-state index in [-0.39, 0.29) is 0 Å². The van der Waals surface area contributed by atoms with E-state index in [4.69, 9.17) is 9.47 Å². The first kappa shape index (κ1) is 15.6. The van der Waals surface area contributed by atoms with Gasteiger partial charge >= 0.3 is 0 Å². The molecule has 0 saturated carbocycles. The summed E-state index contributed by atoms with van der Waals surface area (Å²) in [6.07, 6.45) is 0. The second-order valence-electron chi connectivity index (χ2n) is 5.06. The van der Waals surface area contributed by atoms with Crippen LogP contribution < -0.4 is 14.8 Å². The van der Waals surface area contributed by atoms with Gasteiger partial charge in [0.2, 0.25) is 0 Å². The number of halogens is 1. The highest BCUT2D eigenvalue weighted by Crippen LogP contribution is 2.26. The van der Waals surface area contributed by atoms with Crippen LogP contribution in [0.2, 0.25) is 0 Å². The van der Waals surface area contributed by atoms with Gasteiger partial charge in [0.1, 0.15) is 17.3 Å². The Morgan fingerprint density at radius 2 is 1.87 bits per heavy atom. The number of anilines is 1. The number of nitrogens with one attached hydrogen (secondary N) is 1. The predicted octanol–water partition coefficient (Wildman–Crippen LogP) is 4.63. The molecule has 0 aliphatic carbocycles. The van der Waals surface area contributed by atoms with Crippen molar-refractivity contribution in [1.82, 2.24) is 4.98 Å². The van der Waals surface area contributed by atoms with Gasteiger partial charge in [-0.2, -0.15) is 0 Å². The summed E-state index contributed by atoms with van der Waals surface area (Å²) >= 11 is 3.47. The molecule has 0 aliphatic heterocycles. The number of ether oxygens (including phenoxy) is 2. The van der Waals surface area contributed by atoms with Gasteiger partial charge in [-0.05, 0) is 42.5 Å². The minimum Gasteiger partial charge on any atom is -0.497 e. The van der Waals surface area contributed by atoms with Crippen LogP contribution >= 0.6 is 15.9 Å². The lowest BCUT2D eigenvalue weighted by Gasteiger charge is -2.12. The van der Waals surface area contributed by atoms with Crippen molar-refractivity contribution >= 4 is 32.7 Å². The number of pyridine rings is 1. The van der Waals surface area contributed by atoms with E-state index in [0.717, 1.165) is 38.3 Å². The number of hydrogen-bond acceptors (Lipinski definition) is 4. The zero-order valence-electron chi connectivity index (χ0n) is 13.0. The third-order valence-corrected chi connectivity index (χ3v) is 4.10. The van der Waals surface area contributed by atoms with E-state index in [2.05, 4.69) is 38.4 Å². The van der Waals surface area contributed by atoms with Crippen molar-refractivity contribution in [1.29, 1.82) is 0 Å². The van der Waals surface area contributed by atoms with Gasteiger partial charge in [-0.1, -0.05) is 15.9 Å². The van der Waals surface area contributed by atoms with Crippen LogP contribution in [-0.2, 0) is 6.54 Å². The predicted molar refractivity (Wildman–Crippen MR) is 96.3 cm³/mol. The molecule has 1 heterocycles. The summed E-state index contributed by atoms with van der Waals surface area (Å²) in [5, 5.41) is 4.44. The summed E-state index contributed by atoms with van der Waals surface area (Å²) in [5.74, 6) is 2.40. The molecule has 3 aromatic rings. The minimum atomic E-state index is 0.627. The summed E-state index contributed by atoms with van der Waals surface area (Å²) in [6, 6.07) is 15.9. The molecule has 1 aromatic heterocycles. The first-order valence-corrected chi connectivity index (χ1v) is 8.00. The first-order chi connectivity index (χ1) is 11.2. The highest BCUT2D eigenvalue weighted by atomic mass is 79.9. The van der Waals surface area contributed by atoms with Crippen molar-refractivity contribution in [3.05, 3.63) is 58.6 Å². The lowest BCUT2D eigenvalue weighted by Crippen LogP contribution is -2.03. The molecule has 0 aliphatic rings. The van der Waals surface area contributed by atoms with Gasteiger partial charge < -0.3 is 14.8 Å². The molecular weight excluding hydrogens is 356 g/mol. The van der Waals surface area contributed by atoms with Crippen LogP contribution in [-0.4, -0.2) is 19.2 Å². The van der Waals surface area contributed by atoms with Crippen LogP contribution in [0.5, 0.6) is 11.5 Å². The number of rotatable bonds is 5. The van der Waals surface area contributed by atoms with Crippen LogP contribution in [0, 0.1) is 0 Å². The maximum atomic E-state index is 5.41. The van der Waals surface area contributed by atoms with Crippen molar-refractivity contribution in [2.45, 2.75) is 6.54 Å². The standard InChI is InChI=1S/C18H17BrN2O2/c1-22-15-6-3-13(17(10-15)23-2)11-20-18-8-4-12-9-14(19)5-7-16(12)21-18/h3-10H,11H2,1-2H3,(H,20,21). The molecule has 0 spiro atoms. The fraction of sp³-hybridized carbons (Fsp3) is 0.167. The van der Waals surface area contributed by atoms with E-state index in [1.165, 1.54) is 0 Å². The Labute approximate surface area is 143 Å². The third kappa shape index (κ3) is 3.56. The van der Waals surface area contributed by atoms with E-state index >= 15 is 0 Å². The van der Waals surface area contributed by atoms with Gasteiger partial charge in [-0.15, -0.1) is 0 Å². The molecule has 4 nitrogen and oxygen atoms in total. The molecule has 0 fully saturated rings. The molecule has 0 radical (unpaired) electrons. The van der Waals surface area contributed by atoms with E-state index in [1.54, 1.807) is 14.2 Å². The Morgan fingerprint density at radius 1 is 1.00 bits per heavy atom. The van der Waals surface area contributed by atoms with Crippen LogP contribution in [0.3, 0.4) is 0 Å². The quantitative estimate of drug-likeness (QED) is 0.709. The highest BCUT2D eigenvalue weighted by molar-refractivity contribution is 9.10. The molecule has 5 heteroatoms. The number of methoxy groups -OCH3 is 2. The van der Waals surface area contributed by atoms with Crippen LogP contribution in [0.25, 0.3) is 10.9 Å². The van der Waals surface area contributed by atoms with Crippen molar-refractivity contribution in [2.24, 2.45) is 0 Å². The van der Waals surface area contributed by atoms with Crippen LogP contribution in [0.15, 0.2) is 53.0 Å². The fourth-order valence-corrected chi connectivity index (χ4v) is 2.76. The maximum absolute atomic E-state index is 5.41. The molecule has 0 unspecified atom stereocenters. The van der Waals surface area contributed by atoms with Gasteiger partial charge in [0.15, 0.2) is 0 Å². The number of aromatic nitrogens is 1. The first-order valence-electron chi connectivity index (χ1n) is 7.20. The number of hydrogen-bond donors (Lipinski definition) is 1. The summed E-state index contributed by atoms with van der Waals surface area (Å²) < 4.78 is 11.7. The fourth-order valence-electron chi connectivity index (χ4n) is 2.38. The van der Waals surface area contributed by atoms with Crippen molar-refractivity contribution in [2.75, 3.05) is 19.5 Å². The molecule has 0 atom stereocenters. The number of nitrogens with zero attached hydrogens (tertiary/aromatic N) is 1. The Bertz CT molecular complexity index is 836. The average molecular weight is 373 g/mol. The molecule has 0 saturated heterocycles. The monoisotopic (exact) mass is 372 g/mol. The van der Waals surface area contributed by atoms with Crippen LogP contribution in [0.1, 0.15) is 5.56 Å². The van der Waals surface area contributed by atoms with Gasteiger partial charge in [0, 0.05) is 28.0 Å². The van der Waals surface area contributed by atoms with Gasteiger partial charge in [-0.25, -0.2) is 4.98 Å². The SMILES string of the molecule is COc1ccc(CNc2ccc3cc(Br)ccc3n2)c(OC)c1. The second kappa shape index (κ2) is 6.87. The lowest BCUT2D eigenvalue weighted by atomic mass is 10.2. The van der Waals surface area contributed by atoms with E-state index in [0.29, 0.717) is 6.54 Å². The number of benzene rings is 2. The smallest absolute Gasteiger partial charge is 0.127 e. The Balaban J connectivity index is 1.79. The minimum absolute atomic E-state index is 0.627. The molecule has 3 rings (SSSR count). The van der Waals surface area contributed by atoms with E-state index < -0.39 is 0 Å². The maximum Gasteiger partial charge on any atom is 0.127 e. The summed E-state index contributed by atoms with van der Waals surface area (Å²) in [7, 11) is 3.30. The third-order valence-electron chi connectivity index (χ3n) is 3.61. The Hall–Kier alpha value is -2.27. The molecule has 118 valence electrons. The zero-order chi connectivity index (χ0) is 16.2. The lowest BCUT2D eigenvalue weighted by molar-refractivity contribution is 0.391. The molecule has 2 aromatic carbocycles. The Kier molecular flexibility index (Phi) is 4.67. The second-order valence-corrected chi connectivity index (χ2v) is 5.98.